The maximum absolute atomic E-state index is 11.4. The van der Waals surface area contributed by atoms with Gasteiger partial charge in [-0.1, -0.05) is 35.5 Å². The molecule has 1 amide bonds. The monoisotopic (exact) mass is 350 g/mol. The Morgan fingerprint density at radius 3 is 2.69 bits per heavy atom. The van der Waals surface area contributed by atoms with E-state index >= 15 is 0 Å². The molecule has 3 heterocycles. The topological polar surface area (TPSA) is 111 Å². The van der Waals surface area contributed by atoms with E-state index in [1.165, 1.54) is 6.33 Å². The highest BCUT2D eigenvalue weighted by Gasteiger charge is 2.26. The summed E-state index contributed by atoms with van der Waals surface area (Å²) in [7, 11) is 0. The normalized spacial score (nSPS) is 15.2. The van der Waals surface area contributed by atoms with Crippen LogP contribution < -0.4 is 10.6 Å². The van der Waals surface area contributed by atoms with E-state index in [1.807, 2.05) is 30.3 Å². The first-order valence-electron chi connectivity index (χ1n) is 8.46. The van der Waals surface area contributed by atoms with Crippen LogP contribution in [-0.2, 0) is 4.79 Å². The second-order valence-corrected chi connectivity index (χ2v) is 6.21. The molecule has 1 fully saturated rings. The Labute approximate surface area is 150 Å². The van der Waals surface area contributed by atoms with Gasteiger partial charge in [-0.2, -0.15) is 4.98 Å². The average molecular weight is 350 g/mol. The standard InChI is InChI=1S/C18H18N6O2/c19-15(25)12-6-8-24(9-7-12)17-14(10-20-11-21-17)18-22-16(23-26-18)13-4-2-1-3-5-13/h1-5,10-12H,6-9H2,(H2,19,25). The minimum atomic E-state index is -0.239. The predicted molar refractivity (Wildman–Crippen MR) is 94.9 cm³/mol. The fourth-order valence-electron chi connectivity index (χ4n) is 3.14. The molecule has 8 nitrogen and oxygen atoms in total. The summed E-state index contributed by atoms with van der Waals surface area (Å²) >= 11 is 0. The zero-order chi connectivity index (χ0) is 17.9. The number of carbonyl (C=O) groups excluding carboxylic acids is 1. The fourth-order valence-corrected chi connectivity index (χ4v) is 3.14. The van der Waals surface area contributed by atoms with Crippen LogP contribution in [0.15, 0.2) is 47.4 Å². The van der Waals surface area contributed by atoms with E-state index < -0.39 is 0 Å². The number of nitrogens with two attached hydrogens (primary N) is 1. The van der Waals surface area contributed by atoms with Crippen LogP contribution in [0.25, 0.3) is 22.8 Å². The molecule has 4 rings (SSSR count). The minimum absolute atomic E-state index is 0.0791. The quantitative estimate of drug-likeness (QED) is 0.765. The number of nitrogens with zero attached hydrogens (tertiary/aromatic N) is 5. The van der Waals surface area contributed by atoms with Crippen molar-refractivity contribution in [1.29, 1.82) is 0 Å². The summed E-state index contributed by atoms with van der Waals surface area (Å²) in [6, 6.07) is 9.62. The maximum Gasteiger partial charge on any atom is 0.263 e. The van der Waals surface area contributed by atoms with Gasteiger partial charge in [-0.15, -0.1) is 0 Å². The van der Waals surface area contributed by atoms with Gasteiger partial charge in [0.05, 0.1) is 0 Å². The molecule has 8 heteroatoms. The Morgan fingerprint density at radius 1 is 1.19 bits per heavy atom. The van der Waals surface area contributed by atoms with Gasteiger partial charge in [-0.25, -0.2) is 9.97 Å². The molecule has 26 heavy (non-hydrogen) atoms. The molecule has 1 aliphatic heterocycles. The highest BCUT2D eigenvalue weighted by molar-refractivity contribution is 5.77. The Bertz CT molecular complexity index is 903. The molecule has 0 radical (unpaired) electrons. The van der Waals surface area contributed by atoms with Gasteiger partial charge in [-0.05, 0) is 12.8 Å². The van der Waals surface area contributed by atoms with Crippen LogP contribution >= 0.6 is 0 Å². The van der Waals surface area contributed by atoms with Gasteiger partial charge in [0.25, 0.3) is 5.89 Å². The van der Waals surface area contributed by atoms with Crippen molar-refractivity contribution in [2.75, 3.05) is 18.0 Å². The third kappa shape index (κ3) is 3.13. The summed E-state index contributed by atoms with van der Waals surface area (Å²) in [6.07, 6.45) is 4.58. The van der Waals surface area contributed by atoms with E-state index in [9.17, 15) is 4.79 Å². The summed E-state index contributed by atoms with van der Waals surface area (Å²) < 4.78 is 5.45. The first kappa shape index (κ1) is 16.2. The molecule has 0 unspecified atom stereocenters. The molecule has 1 aromatic carbocycles. The number of anilines is 1. The van der Waals surface area contributed by atoms with E-state index in [4.69, 9.17) is 10.3 Å². The largest absolute Gasteiger partial charge is 0.369 e. The van der Waals surface area contributed by atoms with Gasteiger partial charge >= 0.3 is 0 Å². The van der Waals surface area contributed by atoms with Gasteiger partial charge < -0.3 is 15.2 Å². The number of hydrogen-bond acceptors (Lipinski definition) is 7. The summed E-state index contributed by atoms with van der Waals surface area (Å²) in [5.41, 5.74) is 6.97. The molecular formula is C18H18N6O2. The predicted octanol–water partition coefficient (Wildman–Crippen LogP) is 1.90. The van der Waals surface area contributed by atoms with E-state index in [0.29, 0.717) is 43.2 Å². The van der Waals surface area contributed by atoms with Crippen LogP contribution in [0.5, 0.6) is 0 Å². The van der Waals surface area contributed by atoms with Crippen LogP contribution in [0.4, 0.5) is 5.82 Å². The summed E-state index contributed by atoms with van der Waals surface area (Å²) in [6.45, 7) is 1.38. The van der Waals surface area contributed by atoms with E-state index in [1.54, 1.807) is 6.20 Å². The number of carbonyl (C=O) groups is 1. The molecular weight excluding hydrogens is 332 g/mol. The summed E-state index contributed by atoms with van der Waals surface area (Å²) in [5.74, 6) is 1.30. The Morgan fingerprint density at radius 2 is 1.96 bits per heavy atom. The number of hydrogen-bond donors (Lipinski definition) is 1. The Hall–Kier alpha value is -3.29. The zero-order valence-corrected chi connectivity index (χ0v) is 14.1. The molecule has 0 spiro atoms. The lowest BCUT2D eigenvalue weighted by atomic mass is 9.96. The van der Waals surface area contributed by atoms with Gasteiger partial charge in [0, 0.05) is 30.8 Å². The number of aromatic nitrogens is 4. The van der Waals surface area contributed by atoms with Gasteiger partial charge in [0.15, 0.2) is 0 Å². The molecule has 0 bridgehead atoms. The Balaban J connectivity index is 1.61. The van der Waals surface area contributed by atoms with E-state index in [2.05, 4.69) is 25.0 Å². The molecule has 0 aliphatic carbocycles. The van der Waals surface area contributed by atoms with Crippen LogP contribution in [0.1, 0.15) is 12.8 Å². The highest BCUT2D eigenvalue weighted by Crippen LogP contribution is 2.31. The van der Waals surface area contributed by atoms with Crippen molar-refractivity contribution in [1.82, 2.24) is 20.1 Å². The molecule has 0 saturated carbocycles. The molecule has 1 aliphatic rings. The van der Waals surface area contributed by atoms with Crippen molar-refractivity contribution in [2.45, 2.75) is 12.8 Å². The fraction of sp³-hybridized carbons (Fsp3) is 0.278. The smallest absolute Gasteiger partial charge is 0.263 e. The van der Waals surface area contributed by atoms with Crippen molar-refractivity contribution >= 4 is 11.7 Å². The number of benzene rings is 1. The number of piperidine rings is 1. The van der Waals surface area contributed by atoms with Crippen LogP contribution in [0.3, 0.4) is 0 Å². The van der Waals surface area contributed by atoms with Crippen LogP contribution in [0.2, 0.25) is 0 Å². The van der Waals surface area contributed by atoms with Gasteiger partial charge in [0.2, 0.25) is 11.7 Å². The lowest BCUT2D eigenvalue weighted by Gasteiger charge is -2.31. The molecule has 132 valence electrons. The van der Waals surface area contributed by atoms with E-state index in [-0.39, 0.29) is 11.8 Å². The van der Waals surface area contributed by atoms with Crippen molar-refractivity contribution < 1.29 is 9.32 Å². The van der Waals surface area contributed by atoms with Crippen molar-refractivity contribution in [3.05, 3.63) is 42.9 Å². The molecule has 2 N–H and O–H groups in total. The molecule has 2 aromatic heterocycles. The average Bonchev–Trinajstić information content (AvgIpc) is 3.19. The third-order valence-electron chi connectivity index (χ3n) is 4.58. The SMILES string of the molecule is NC(=O)C1CCN(c2ncncc2-c2nc(-c3ccccc3)no2)CC1. The molecule has 1 saturated heterocycles. The second-order valence-electron chi connectivity index (χ2n) is 6.21. The van der Waals surface area contributed by atoms with Crippen LogP contribution in [-0.4, -0.2) is 39.1 Å². The highest BCUT2D eigenvalue weighted by atomic mass is 16.5. The minimum Gasteiger partial charge on any atom is -0.369 e. The van der Waals surface area contributed by atoms with Crippen molar-refractivity contribution in [2.24, 2.45) is 11.7 Å². The first-order valence-corrected chi connectivity index (χ1v) is 8.46. The zero-order valence-electron chi connectivity index (χ0n) is 14.1. The van der Waals surface area contributed by atoms with Crippen molar-refractivity contribution in [3.8, 4) is 22.8 Å². The lowest BCUT2D eigenvalue weighted by Crippen LogP contribution is -2.39. The van der Waals surface area contributed by atoms with E-state index in [0.717, 1.165) is 11.4 Å². The molecule has 3 aromatic rings. The third-order valence-corrected chi connectivity index (χ3v) is 4.58. The van der Waals surface area contributed by atoms with Crippen molar-refractivity contribution in [3.63, 3.8) is 0 Å². The Kier molecular flexibility index (Phi) is 4.30. The lowest BCUT2D eigenvalue weighted by molar-refractivity contribution is -0.122. The van der Waals surface area contributed by atoms with Crippen LogP contribution in [0, 0.1) is 5.92 Å². The maximum atomic E-state index is 11.4. The second kappa shape index (κ2) is 6.91. The van der Waals surface area contributed by atoms with Gasteiger partial charge in [-0.3, -0.25) is 4.79 Å². The van der Waals surface area contributed by atoms with Gasteiger partial charge in [0.1, 0.15) is 17.7 Å². The molecule has 0 atom stereocenters. The summed E-state index contributed by atoms with van der Waals surface area (Å²) in [5, 5.41) is 4.06. The number of rotatable bonds is 4. The summed E-state index contributed by atoms with van der Waals surface area (Å²) in [4.78, 5) is 26.5. The number of amides is 1. The number of primary amides is 1. The first-order chi connectivity index (χ1) is 12.7.